The summed E-state index contributed by atoms with van der Waals surface area (Å²) in [5.74, 6) is -2.58. The number of aromatic nitrogens is 3. The molecule has 174 valence electrons. The zero-order valence-corrected chi connectivity index (χ0v) is 19.1. The summed E-state index contributed by atoms with van der Waals surface area (Å²) in [6, 6.07) is -1.50. The number of hydrogen-bond donors (Lipinski definition) is 3. The highest BCUT2D eigenvalue weighted by molar-refractivity contribution is 8.04. The lowest BCUT2D eigenvalue weighted by Gasteiger charge is -2.49. The number of nitrogens with zero attached hydrogens (tertiary/aromatic N) is 5. The molecule has 1 saturated heterocycles. The van der Waals surface area contributed by atoms with Crippen molar-refractivity contribution in [2.75, 3.05) is 19.0 Å². The topological polar surface area (TPSA) is 173 Å². The lowest BCUT2D eigenvalue weighted by atomic mass is 9.86. The number of carbonyl (C=O) groups excluding carboxylic acids is 2. The van der Waals surface area contributed by atoms with Gasteiger partial charge in [-0.25, -0.2) is 14.2 Å². The van der Waals surface area contributed by atoms with Crippen LogP contribution >= 0.6 is 34.4 Å². The van der Waals surface area contributed by atoms with Crippen LogP contribution in [0.3, 0.4) is 0 Å². The number of carboxylic acids is 1. The van der Waals surface area contributed by atoms with Crippen LogP contribution in [-0.2, 0) is 19.2 Å². The van der Waals surface area contributed by atoms with Crippen molar-refractivity contribution in [1.82, 2.24) is 25.4 Å². The molecule has 2 aliphatic rings. The zero-order chi connectivity index (χ0) is 23.5. The molecule has 2 unspecified atom stereocenters. The first-order valence-electron chi connectivity index (χ1n) is 9.42. The predicted octanol–water partition coefficient (Wildman–Crippen LogP) is 0.845. The van der Waals surface area contributed by atoms with Crippen molar-refractivity contribution in [3.8, 4) is 0 Å². The third-order valence-corrected chi connectivity index (χ3v) is 7.33. The number of nitrogens with two attached hydrogens (primary N) is 1. The molecule has 0 radical (unpaired) electrons. The van der Waals surface area contributed by atoms with E-state index in [1.54, 1.807) is 0 Å². The third kappa shape index (κ3) is 4.67. The van der Waals surface area contributed by atoms with Crippen LogP contribution in [0.25, 0.3) is 0 Å². The van der Waals surface area contributed by atoms with Gasteiger partial charge in [-0.15, -0.1) is 21.5 Å². The number of oxime groups is 1. The van der Waals surface area contributed by atoms with Crippen molar-refractivity contribution in [2.24, 2.45) is 5.16 Å². The molecular weight excluding hydrogens is 497 g/mol. The first kappa shape index (κ1) is 23.1. The second kappa shape index (κ2) is 9.80. The molecule has 1 fully saturated rings. The SMILES string of the molecule is Nc1nc(/C(=N/OCCF)C(=O)NC2C(=O)N3C(C(=O)O)=C(Sc4nncs4)CCC23)cs1. The van der Waals surface area contributed by atoms with Gasteiger partial charge in [0, 0.05) is 10.3 Å². The van der Waals surface area contributed by atoms with Gasteiger partial charge in [0.1, 0.15) is 36.2 Å². The number of alkyl halides is 1. The normalized spacial score (nSPS) is 20.3. The number of halogens is 1. The molecule has 0 saturated carbocycles. The van der Waals surface area contributed by atoms with Crippen LogP contribution in [0.5, 0.6) is 0 Å². The molecule has 4 heterocycles. The van der Waals surface area contributed by atoms with Crippen molar-refractivity contribution < 1.29 is 28.7 Å². The average molecular weight is 514 g/mol. The number of aliphatic carboxylic acids is 1. The summed E-state index contributed by atoms with van der Waals surface area (Å²) in [6.07, 6.45) is 0.818. The second-order valence-electron chi connectivity index (χ2n) is 6.68. The molecule has 33 heavy (non-hydrogen) atoms. The molecule has 4 rings (SSSR count). The number of carboxylic acid groups (broad SMARTS) is 1. The smallest absolute Gasteiger partial charge is 0.353 e. The molecule has 2 amide bonds. The van der Waals surface area contributed by atoms with E-state index in [2.05, 4.69) is 25.7 Å². The Morgan fingerprint density at radius 1 is 1.45 bits per heavy atom. The lowest BCUT2D eigenvalue weighted by Crippen LogP contribution is -2.72. The molecule has 0 aliphatic carbocycles. The van der Waals surface area contributed by atoms with Crippen molar-refractivity contribution in [3.63, 3.8) is 0 Å². The number of thioether (sulfide) groups is 1. The Hall–Kier alpha value is -3.11. The highest BCUT2D eigenvalue weighted by Crippen LogP contribution is 2.43. The van der Waals surface area contributed by atoms with Crippen LogP contribution < -0.4 is 11.1 Å². The van der Waals surface area contributed by atoms with E-state index in [1.165, 1.54) is 27.1 Å². The third-order valence-electron chi connectivity index (χ3n) is 4.74. The highest BCUT2D eigenvalue weighted by atomic mass is 32.2. The summed E-state index contributed by atoms with van der Waals surface area (Å²) in [5, 5.41) is 25.2. The van der Waals surface area contributed by atoms with Crippen molar-refractivity contribution in [3.05, 3.63) is 27.2 Å². The van der Waals surface area contributed by atoms with Gasteiger partial charge < -0.3 is 21.0 Å². The van der Waals surface area contributed by atoms with Gasteiger partial charge in [-0.2, -0.15) is 0 Å². The molecular formula is C17H16FN7O5S3. The van der Waals surface area contributed by atoms with Crippen molar-refractivity contribution in [1.29, 1.82) is 0 Å². The molecule has 4 N–H and O–H groups in total. The molecule has 16 heteroatoms. The van der Waals surface area contributed by atoms with Crippen LogP contribution in [0.1, 0.15) is 18.5 Å². The number of carbonyl (C=O) groups is 3. The van der Waals surface area contributed by atoms with E-state index in [-0.39, 0.29) is 28.8 Å². The molecule has 2 aromatic rings. The van der Waals surface area contributed by atoms with Gasteiger partial charge in [-0.3, -0.25) is 14.5 Å². The van der Waals surface area contributed by atoms with Gasteiger partial charge in [-0.05, 0) is 12.8 Å². The monoisotopic (exact) mass is 513 g/mol. The van der Waals surface area contributed by atoms with Crippen LogP contribution in [-0.4, -0.2) is 74.0 Å². The van der Waals surface area contributed by atoms with Gasteiger partial charge >= 0.3 is 5.97 Å². The molecule has 2 aromatic heterocycles. The minimum atomic E-state index is -1.25. The van der Waals surface area contributed by atoms with E-state index >= 15 is 0 Å². The highest BCUT2D eigenvalue weighted by Gasteiger charge is 2.54. The van der Waals surface area contributed by atoms with Crippen molar-refractivity contribution >= 4 is 63.1 Å². The van der Waals surface area contributed by atoms with Crippen LogP contribution in [0.4, 0.5) is 9.52 Å². The molecule has 0 spiro atoms. The molecule has 0 aromatic carbocycles. The fourth-order valence-corrected chi connectivity index (χ4v) is 5.65. The van der Waals surface area contributed by atoms with E-state index in [0.717, 1.165) is 23.1 Å². The number of amides is 2. The van der Waals surface area contributed by atoms with Crippen LogP contribution in [0.2, 0.25) is 0 Å². The fourth-order valence-electron chi connectivity index (χ4n) is 3.40. The minimum absolute atomic E-state index is 0.114. The summed E-state index contributed by atoms with van der Waals surface area (Å²) in [4.78, 5) is 48.1. The first-order valence-corrected chi connectivity index (χ1v) is 12.0. The zero-order valence-electron chi connectivity index (χ0n) is 16.6. The van der Waals surface area contributed by atoms with Gasteiger partial charge in [0.25, 0.3) is 11.8 Å². The van der Waals surface area contributed by atoms with Crippen molar-refractivity contribution in [2.45, 2.75) is 29.3 Å². The van der Waals surface area contributed by atoms with Crippen LogP contribution in [0.15, 0.2) is 31.0 Å². The molecule has 0 bridgehead atoms. The summed E-state index contributed by atoms with van der Waals surface area (Å²) in [7, 11) is 0. The second-order valence-corrected chi connectivity index (χ2v) is 9.75. The molecule has 2 aliphatic heterocycles. The number of hydrogen-bond acceptors (Lipinski definition) is 12. The van der Waals surface area contributed by atoms with E-state index in [0.29, 0.717) is 22.1 Å². The largest absolute Gasteiger partial charge is 0.477 e. The van der Waals surface area contributed by atoms with E-state index in [1.807, 2.05) is 0 Å². The number of fused-ring (bicyclic) bond motifs is 1. The van der Waals surface area contributed by atoms with E-state index in [9.17, 15) is 23.9 Å². The van der Waals surface area contributed by atoms with Gasteiger partial charge in [0.15, 0.2) is 15.2 Å². The Morgan fingerprint density at radius 3 is 2.91 bits per heavy atom. The minimum Gasteiger partial charge on any atom is -0.477 e. The predicted molar refractivity (Wildman–Crippen MR) is 117 cm³/mol. The summed E-state index contributed by atoms with van der Waals surface area (Å²) < 4.78 is 12.9. The maximum Gasteiger partial charge on any atom is 0.353 e. The number of anilines is 1. The standard InChI is InChI=1S/C17H16FN7O5S3/c18-3-4-30-24-10(7-5-31-16(19)21-7)13(26)22-11-8-1-2-9(33-17-23-20-6-32-17)12(15(28)29)25(8)14(11)27/h5-6,8,11H,1-4H2,(H2,19,21)(H,22,26)(H,28,29)/b24-10-. The van der Waals surface area contributed by atoms with E-state index in [4.69, 9.17) is 10.6 Å². The Bertz CT molecular complexity index is 1140. The Labute approximate surface area is 197 Å². The number of nitrogen functional groups attached to an aromatic ring is 1. The number of rotatable bonds is 9. The number of nitrogens with one attached hydrogen (secondary N) is 1. The lowest BCUT2D eigenvalue weighted by molar-refractivity contribution is -0.155. The van der Waals surface area contributed by atoms with E-state index < -0.39 is 36.5 Å². The Balaban J connectivity index is 1.52. The Morgan fingerprint density at radius 2 is 2.27 bits per heavy atom. The first-order chi connectivity index (χ1) is 15.9. The Kier molecular flexibility index (Phi) is 6.85. The fraction of sp³-hybridized carbons (Fsp3) is 0.353. The summed E-state index contributed by atoms with van der Waals surface area (Å²) >= 11 is 3.49. The maximum absolute atomic E-state index is 12.9. The summed E-state index contributed by atoms with van der Waals surface area (Å²) in [6.45, 7) is -1.17. The van der Waals surface area contributed by atoms with Crippen LogP contribution in [0, 0.1) is 0 Å². The molecule has 12 nitrogen and oxygen atoms in total. The number of β-lactam (4-membered cyclic amide) rings is 1. The average Bonchev–Trinajstić information content (AvgIpc) is 3.46. The number of thiazole rings is 1. The van der Waals surface area contributed by atoms with Gasteiger partial charge in [0.05, 0.1) is 6.04 Å². The van der Waals surface area contributed by atoms with Gasteiger partial charge in [-0.1, -0.05) is 28.3 Å². The molecule has 2 atom stereocenters. The quantitative estimate of drug-likeness (QED) is 0.189. The van der Waals surface area contributed by atoms with Gasteiger partial charge in [0.2, 0.25) is 0 Å². The summed E-state index contributed by atoms with van der Waals surface area (Å²) in [5.41, 5.74) is 6.86. The number of allylic oxidation sites excluding steroid dienone is 1. The maximum atomic E-state index is 12.9.